The third-order valence-corrected chi connectivity index (χ3v) is 1.97. The lowest BCUT2D eigenvalue weighted by Gasteiger charge is -2.11. The van der Waals surface area contributed by atoms with Crippen molar-refractivity contribution in [2.75, 3.05) is 6.54 Å². The number of hydrogen-bond acceptors (Lipinski definition) is 4. The molecule has 0 aromatic carbocycles. The average molecular weight is 221 g/mol. The van der Waals surface area contributed by atoms with E-state index in [1.807, 2.05) is 0 Å². The van der Waals surface area contributed by atoms with Crippen molar-refractivity contribution in [1.29, 1.82) is 0 Å². The molecule has 16 heavy (non-hydrogen) atoms. The third-order valence-electron chi connectivity index (χ3n) is 1.97. The van der Waals surface area contributed by atoms with Crippen molar-refractivity contribution in [2.45, 2.75) is 19.5 Å². The van der Waals surface area contributed by atoms with Gasteiger partial charge in [-0.15, -0.1) is 6.42 Å². The van der Waals surface area contributed by atoms with Gasteiger partial charge in [0.1, 0.15) is 6.33 Å². The zero-order valence-corrected chi connectivity index (χ0v) is 9.40. The minimum Gasteiger partial charge on any atom is -0.344 e. The van der Waals surface area contributed by atoms with Crippen molar-refractivity contribution in [3.8, 4) is 12.3 Å². The number of aromatic nitrogens is 3. The van der Waals surface area contributed by atoms with Crippen LogP contribution in [0.15, 0.2) is 6.33 Å². The Labute approximate surface area is 94.4 Å². The van der Waals surface area contributed by atoms with Crippen LogP contribution in [-0.4, -0.2) is 33.3 Å². The molecule has 1 heterocycles. The lowest BCUT2D eigenvalue weighted by atomic mass is 10.3. The zero-order valence-electron chi connectivity index (χ0n) is 9.40. The second kappa shape index (κ2) is 5.88. The first-order chi connectivity index (χ1) is 7.63. The predicted molar refractivity (Wildman–Crippen MR) is 59.1 cm³/mol. The molecule has 0 bridgehead atoms. The molecule has 0 aliphatic rings. The number of hydrogen-bond donors (Lipinski definition) is 2. The largest absolute Gasteiger partial charge is 0.344 e. The Morgan fingerprint density at radius 3 is 3.06 bits per heavy atom. The second-order valence-corrected chi connectivity index (χ2v) is 3.36. The second-order valence-electron chi connectivity index (χ2n) is 3.36. The lowest BCUT2D eigenvalue weighted by Crippen LogP contribution is -2.42. The Balaban J connectivity index is 2.32. The number of rotatable bonds is 5. The maximum Gasteiger partial charge on any atom is 0.237 e. The molecule has 2 N–H and O–H groups in total. The first-order valence-electron chi connectivity index (χ1n) is 4.92. The summed E-state index contributed by atoms with van der Waals surface area (Å²) in [6, 6.07) is -0.322. The summed E-state index contributed by atoms with van der Waals surface area (Å²) in [7, 11) is 1.79. The number of carbonyl (C=O) groups is 1. The molecule has 1 aromatic rings. The summed E-state index contributed by atoms with van der Waals surface area (Å²) in [5.74, 6) is 2.86. The van der Waals surface area contributed by atoms with E-state index in [1.54, 1.807) is 25.0 Å². The molecule has 6 heteroatoms. The molecule has 1 unspecified atom stereocenters. The van der Waals surface area contributed by atoms with Crippen molar-refractivity contribution in [2.24, 2.45) is 7.05 Å². The SMILES string of the molecule is C#CCNC(=O)C(C)NCc1ncn(C)n1. The molecule has 86 valence electrons. The minimum absolute atomic E-state index is 0.131. The fraction of sp³-hybridized carbons (Fsp3) is 0.500. The summed E-state index contributed by atoms with van der Waals surface area (Å²) in [6.07, 6.45) is 6.65. The quantitative estimate of drug-likeness (QED) is 0.628. The van der Waals surface area contributed by atoms with Crippen molar-refractivity contribution in [3.05, 3.63) is 12.2 Å². The van der Waals surface area contributed by atoms with Gasteiger partial charge in [-0.1, -0.05) is 5.92 Å². The minimum atomic E-state index is -0.322. The van der Waals surface area contributed by atoms with Crippen LogP contribution in [0, 0.1) is 12.3 Å². The third kappa shape index (κ3) is 3.71. The van der Waals surface area contributed by atoms with Crippen LogP contribution in [0.2, 0.25) is 0 Å². The summed E-state index contributed by atoms with van der Waals surface area (Å²) in [5.41, 5.74) is 0. The van der Waals surface area contributed by atoms with Gasteiger partial charge in [0, 0.05) is 7.05 Å². The summed E-state index contributed by atoms with van der Waals surface area (Å²) in [4.78, 5) is 15.4. The van der Waals surface area contributed by atoms with Gasteiger partial charge in [-0.05, 0) is 6.92 Å². The van der Waals surface area contributed by atoms with Crippen LogP contribution < -0.4 is 10.6 Å². The van der Waals surface area contributed by atoms with E-state index in [0.29, 0.717) is 12.4 Å². The molecule has 0 fully saturated rings. The molecule has 1 amide bonds. The van der Waals surface area contributed by atoms with Gasteiger partial charge in [0.25, 0.3) is 0 Å². The van der Waals surface area contributed by atoms with Crippen molar-refractivity contribution in [1.82, 2.24) is 25.4 Å². The first-order valence-corrected chi connectivity index (χ1v) is 4.92. The molecule has 6 nitrogen and oxygen atoms in total. The topological polar surface area (TPSA) is 71.8 Å². The summed E-state index contributed by atoms with van der Waals surface area (Å²) < 4.78 is 1.61. The molecular formula is C10H15N5O. The Morgan fingerprint density at radius 1 is 1.75 bits per heavy atom. The number of nitrogens with zero attached hydrogens (tertiary/aromatic N) is 3. The molecule has 0 saturated heterocycles. The van der Waals surface area contributed by atoms with Gasteiger partial charge in [-0.25, -0.2) is 4.98 Å². The highest BCUT2D eigenvalue weighted by Gasteiger charge is 2.11. The molecule has 0 aliphatic heterocycles. The van der Waals surface area contributed by atoms with E-state index in [-0.39, 0.29) is 18.5 Å². The molecule has 0 radical (unpaired) electrons. The zero-order chi connectivity index (χ0) is 12.0. The number of terminal acetylenes is 1. The van der Waals surface area contributed by atoms with E-state index in [9.17, 15) is 4.79 Å². The Kier molecular flexibility index (Phi) is 4.48. The van der Waals surface area contributed by atoms with E-state index < -0.39 is 0 Å². The van der Waals surface area contributed by atoms with Crippen LogP contribution >= 0.6 is 0 Å². The fourth-order valence-electron chi connectivity index (χ4n) is 1.09. The van der Waals surface area contributed by atoms with Crippen LogP contribution in [0.3, 0.4) is 0 Å². The predicted octanol–water partition coefficient (Wildman–Crippen LogP) is -0.957. The molecule has 1 atom stereocenters. The van der Waals surface area contributed by atoms with Gasteiger partial charge in [-0.3, -0.25) is 14.8 Å². The Bertz CT molecular complexity index is 392. The van der Waals surface area contributed by atoms with Crippen LogP contribution in [0.1, 0.15) is 12.7 Å². The Morgan fingerprint density at radius 2 is 2.50 bits per heavy atom. The van der Waals surface area contributed by atoms with E-state index in [1.165, 1.54) is 0 Å². The lowest BCUT2D eigenvalue weighted by molar-refractivity contribution is -0.122. The maximum atomic E-state index is 11.4. The molecule has 1 aromatic heterocycles. The van der Waals surface area contributed by atoms with Crippen LogP contribution in [0.4, 0.5) is 0 Å². The standard InChI is InChI=1S/C10H15N5O/c1-4-5-11-10(16)8(2)12-6-9-13-7-15(3)14-9/h1,7-8,12H,5-6H2,2-3H3,(H,11,16). The molecule has 0 saturated carbocycles. The van der Waals surface area contributed by atoms with Crippen molar-refractivity contribution < 1.29 is 4.79 Å². The first kappa shape index (κ1) is 12.2. The molecule has 0 spiro atoms. The van der Waals surface area contributed by atoms with Gasteiger partial charge >= 0.3 is 0 Å². The number of carbonyl (C=O) groups excluding carboxylic acids is 1. The van der Waals surface area contributed by atoms with E-state index >= 15 is 0 Å². The highest BCUT2D eigenvalue weighted by atomic mass is 16.2. The average Bonchev–Trinajstić information content (AvgIpc) is 2.68. The smallest absolute Gasteiger partial charge is 0.237 e. The van der Waals surface area contributed by atoms with Gasteiger partial charge in [0.15, 0.2) is 5.82 Å². The van der Waals surface area contributed by atoms with Crippen LogP contribution in [-0.2, 0) is 18.4 Å². The summed E-state index contributed by atoms with van der Waals surface area (Å²) in [6.45, 7) is 2.45. The summed E-state index contributed by atoms with van der Waals surface area (Å²) >= 11 is 0. The number of aryl methyl sites for hydroxylation is 1. The van der Waals surface area contributed by atoms with E-state index in [2.05, 4.69) is 26.6 Å². The van der Waals surface area contributed by atoms with E-state index in [4.69, 9.17) is 6.42 Å². The molecular weight excluding hydrogens is 206 g/mol. The molecule has 0 aliphatic carbocycles. The van der Waals surface area contributed by atoms with Gasteiger partial charge in [0.2, 0.25) is 5.91 Å². The maximum absolute atomic E-state index is 11.4. The van der Waals surface area contributed by atoms with Crippen molar-refractivity contribution in [3.63, 3.8) is 0 Å². The van der Waals surface area contributed by atoms with Gasteiger partial charge < -0.3 is 5.32 Å². The van der Waals surface area contributed by atoms with Gasteiger partial charge in [-0.2, -0.15) is 5.10 Å². The molecule has 1 rings (SSSR count). The normalized spacial score (nSPS) is 11.8. The monoisotopic (exact) mass is 221 g/mol. The highest BCUT2D eigenvalue weighted by molar-refractivity contribution is 5.81. The van der Waals surface area contributed by atoms with Crippen LogP contribution in [0.25, 0.3) is 0 Å². The highest BCUT2D eigenvalue weighted by Crippen LogP contribution is 1.89. The van der Waals surface area contributed by atoms with Crippen molar-refractivity contribution >= 4 is 5.91 Å². The van der Waals surface area contributed by atoms with Crippen LogP contribution in [0.5, 0.6) is 0 Å². The number of nitrogens with one attached hydrogen (secondary N) is 2. The fourth-order valence-corrected chi connectivity index (χ4v) is 1.09. The van der Waals surface area contributed by atoms with Gasteiger partial charge in [0.05, 0.1) is 19.1 Å². The summed E-state index contributed by atoms with van der Waals surface area (Å²) in [5, 5.41) is 9.68. The Hall–Kier alpha value is -1.87. The number of amides is 1. The van der Waals surface area contributed by atoms with E-state index in [0.717, 1.165) is 0 Å².